The molecule has 0 atom stereocenters. The fraction of sp³-hybridized carbons (Fsp3) is 0.375. The molecular formula is C16H20N2O2. The van der Waals surface area contributed by atoms with Gasteiger partial charge in [-0.2, -0.15) is 0 Å². The highest BCUT2D eigenvalue weighted by Crippen LogP contribution is 2.22. The van der Waals surface area contributed by atoms with Gasteiger partial charge in [0.25, 0.3) is 0 Å². The van der Waals surface area contributed by atoms with Gasteiger partial charge in [0.2, 0.25) is 0 Å². The summed E-state index contributed by atoms with van der Waals surface area (Å²) >= 11 is 0. The maximum absolute atomic E-state index is 11.5. The third-order valence-corrected chi connectivity index (χ3v) is 3.45. The van der Waals surface area contributed by atoms with Crippen molar-refractivity contribution in [2.24, 2.45) is 0 Å². The molecule has 106 valence electrons. The molecule has 1 aromatic heterocycles. The Bertz CT molecular complexity index is 629. The first kappa shape index (κ1) is 14.3. The first-order chi connectivity index (χ1) is 9.52. The van der Waals surface area contributed by atoms with Gasteiger partial charge in [0.05, 0.1) is 25.2 Å². The molecule has 0 bridgehead atoms. The molecular weight excluding hydrogens is 252 g/mol. The number of nitrogens with zero attached hydrogens (tertiary/aromatic N) is 2. The molecule has 0 unspecified atom stereocenters. The summed E-state index contributed by atoms with van der Waals surface area (Å²) in [6.45, 7) is 8.82. The minimum atomic E-state index is 0.0628. The van der Waals surface area contributed by atoms with Crippen LogP contribution in [0.4, 0.5) is 0 Å². The minimum absolute atomic E-state index is 0.0628. The molecule has 0 saturated heterocycles. The maximum Gasteiger partial charge on any atom is 0.159 e. The van der Waals surface area contributed by atoms with E-state index in [0.717, 1.165) is 22.7 Å². The summed E-state index contributed by atoms with van der Waals surface area (Å²) < 4.78 is 7.71. The molecule has 0 aliphatic heterocycles. The predicted octanol–water partition coefficient (Wildman–Crippen LogP) is 3.15. The van der Waals surface area contributed by atoms with Gasteiger partial charge in [-0.15, -0.1) is 0 Å². The van der Waals surface area contributed by atoms with Gasteiger partial charge in [-0.25, -0.2) is 4.98 Å². The number of Topliss-reactive ketones (excluding diaryl/α,β-unsaturated/α-hetero) is 1. The van der Waals surface area contributed by atoms with Gasteiger partial charge in [0.15, 0.2) is 5.78 Å². The van der Waals surface area contributed by atoms with Crippen LogP contribution in [0.1, 0.15) is 41.2 Å². The van der Waals surface area contributed by atoms with Gasteiger partial charge in [0.1, 0.15) is 5.75 Å². The number of hydrogen-bond acceptors (Lipinski definition) is 3. The van der Waals surface area contributed by atoms with Crippen molar-refractivity contribution in [3.8, 4) is 5.75 Å². The molecule has 0 saturated carbocycles. The van der Waals surface area contributed by atoms with Crippen molar-refractivity contribution < 1.29 is 9.53 Å². The molecule has 4 nitrogen and oxygen atoms in total. The highest BCUT2D eigenvalue weighted by atomic mass is 16.5. The number of ketones is 1. The Morgan fingerprint density at radius 3 is 2.65 bits per heavy atom. The van der Waals surface area contributed by atoms with Crippen molar-refractivity contribution in [3.05, 3.63) is 47.0 Å². The lowest BCUT2D eigenvalue weighted by molar-refractivity contribution is 0.101. The van der Waals surface area contributed by atoms with Crippen LogP contribution in [0.15, 0.2) is 24.5 Å². The zero-order valence-electron chi connectivity index (χ0n) is 12.4. The van der Waals surface area contributed by atoms with E-state index in [4.69, 9.17) is 4.74 Å². The van der Waals surface area contributed by atoms with Gasteiger partial charge in [-0.1, -0.05) is 0 Å². The number of carbonyl (C=O) groups is 1. The lowest BCUT2D eigenvalue weighted by Crippen LogP contribution is -2.06. The number of imidazole rings is 1. The molecule has 0 spiro atoms. The molecule has 1 heterocycles. The van der Waals surface area contributed by atoms with E-state index in [1.165, 1.54) is 0 Å². The predicted molar refractivity (Wildman–Crippen MR) is 78.4 cm³/mol. The molecule has 0 amide bonds. The number of hydrogen-bond donors (Lipinski definition) is 0. The summed E-state index contributed by atoms with van der Waals surface area (Å²) in [6, 6.07) is 5.58. The van der Waals surface area contributed by atoms with Crippen molar-refractivity contribution in [2.45, 2.75) is 34.2 Å². The monoisotopic (exact) mass is 272 g/mol. The molecule has 4 heteroatoms. The molecule has 0 radical (unpaired) electrons. The average molecular weight is 272 g/mol. The summed E-state index contributed by atoms with van der Waals surface area (Å²) in [5.41, 5.74) is 3.85. The van der Waals surface area contributed by atoms with E-state index in [9.17, 15) is 4.79 Å². The topological polar surface area (TPSA) is 44.1 Å². The summed E-state index contributed by atoms with van der Waals surface area (Å²) in [5.74, 6) is 0.885. The first-order valence-electron chi connectivity index (χ1n) is 6.78. The van der Waals surface area contributed by atoms with Crippen LogP contribution in [0.25, 0.3) is 0 Å². The number of carbonyl (C=O) groups excluding carboxylic acids is 1. The molecule has 20 heavy (non-hydrogen) atoms. The molecule has 2 rings (SSSR count). The summed E-state index contributed by atoms with van der Waals surface area (Å²) in [7, 11) is 0. The third-order valence-electron chi connectivity index (χ3n) is 3.45. The van der Waals surface area contributed by atoms with E-state index in [1.807, 2.05) is 45.3 Å². The van der Waals surface area contributed by atoms with Crippen LogP contribution < -0.4 is 4.74 Å². The van der Waals surface area contributed by atoms with Crippen molar-refractivity contribution >= 4 is 5.78 Å². The van der Waals surface area contributed by atoms with Crippen molar-refractivity contribution in [1.82, 2.24) is 9.55 Å². The van der Waals surface area contributed by atoms with E-state index in [-0.39, 0.29) is 5.78 Å². The van der Waals surface area contributed by atoms with E-state index >= 15 is 0 Å². The molecule has 0 N–H and O–H groups in total. The molecule has 0 aliphatic rings. The van der Waals surface area contributed by atoms with E-state index in [2.05, 4.69) is 9.55 Å². The SMILES string of the molecule is CCOc1ccc(C(C)=O)cc1Cn1cnc(C)c1C. The summed E-state index contributed by atoms with van der Waals surface area (Å²) in [4.78, 5) is 15.8. The minimum Gasteiger partial charge on any atom is -0.494 e. The number of benzene rings is 1. The second-order valence-electron chi connectivity index (χ2n) is 4.85. The van der Waals surface area contributed by atoms with Gasteiger partial charge in [-0.05, 0) is 45.9 Å². The molecule has 0 aliphatic carbocycles. The number of aromatic nitrogens is 2. The standard InChI is InChI=1S/C16H20N2O2/c1-5-20-16-7-6-14(13(4)19)8-15(16)9-18-10-17-11(2)12(18)3/h6-8,10H,5,9H2,1-4H3. The molecule has 1 aromatic carbocycles. The highest BCUT2D eigenvalue weighted by Gasteiger charge is 2.10. The van der Waals surface area contributed by atoms with Crippen molar-refractivity contribution in [2.75, 3.05) is 6.61 Å². The second kappa shape index (κ2) is 5.90. The number of aryl methyl sites for hydroxylation is 1. The maximum atomic E-state index is 11.5. The van der Waals surface area contributed by atoms with Crippen LogP contribution in [0, 0.1) is 13.8 Å². The molecule has 0 fully saturated rings. The first-order valence-corrected chi connectivity index (χ1v) is 6.78. The average Bonchev–Trinajstić information content (AvgIpc) is 2.73. The van der Waals surface area contributed by atoms with Gasteiger partial charge >= 0.3 is 0 Å². The van der Waals surface area contributed by atoms with Crippen molar-refractivity contribution in [3.63, 3.8) is 0 Å². The van der Waals surface area contributed by atoms with Crippen molar-refractivity contribution in [1.29, 1.82) is 0 Å². The smallest absolute Gasteiger partial charge is 0.159 e. The Morgan fingerprint density at radius 1 is 1.35 bits per heavy atom. The van der Waals surface area contributed by atoms with Crippen LogP contribution in [0.3, 0.4) is 0 Å². The van der Waals surface area contributed by atoms with E-state index < -0.39 is 0 Å². The lowest BCUT2D eigenvalue weighted by Gasteiger charge is -2.13. The van der Waals surface area contributed by atoms with E-state index in [0.29, 0.717) is 18.7 Å². The summed E-state index contributed by atoms with van der Waals surface area (Å²) in [6.07, 6.45) is 1.82. The Morgan fingerprint density at radius 2 is 2.10 bits per heavy atom. The van der Waals surface area contributed by atoms with Crippen LogP contribution in [-0.2, 0) is 6.54 Å². The Balaban J connectivity index is 2.39. The third kappa shape index (κ3) is 2.90. The largest absolute Gasteiger partial charge is 0.494 e. The van der Waals surface area contributed by atoms with Gasteiger partial charge in [0, 0.05) is 16.8 Å². The van der Waals surface area contributed by atoms with Crippen LogP contribution in [0.2, 0.25) is 0 Å². The van der Waals surface area contributed by atoms with Crippen LogP contribution >= 0.6 is 0 Å². The highest BCUT2D eigenvalue weighted by molar-refractivity contribution is 5.94. The zero-order chi connectivity index (χ0) is 14.7. The number of ether oxygens (including phenoxy) is 1. The zero-order valence-corrected chi connectivity index (χ0v) is 12.4. The second-order valence-corrected chi connectivity index (χ2v) is 4.85. The van der Waals surface area contributed by atoms with E-state index in [1.54, 1.807) is 6.92 Å². The van der Waals surface area contributed by atoms with Crippen LogP contribution in [-0.4, -0.2) is 21.9 Å². The Hall–Kier alpha value is -2.10. The van der Waals surface area contributed by atoms with Gasteiger partial charge in [-0.3, -0.25) is 4.79 Å². The normalized spacial score (nSPS) is 10.6. The quantitative estimate of drug-likeness (QED) is 0.785. The Labute approximate surface area is 119 Å². The van der Waals surface area contributed by atoms with Crippen LogP contribution in [0.5, 0.6) is 5.75 Å². The lowest BCUT2D eigenvalue weighted by atomic mass is 10.1. The fourth-order valence-corrected chi connectivity index (χ4v) is 2.11. The summed E-state index contributed by atoms with van der Waals surface area (Å²) in [5, 5.41) is 0. The fourth-order valence-electron chi connectivity index (χ4n) is 2.11. The number of rotatable bonds is 5. The van der Waals surface area contributed by atoms with Gasteiger partial charge < -0.3 is 9.30 Å². The molecule has 2 aromatic rings. The Kier molecular flexibility index (Phi) is 4.23.